The van der Waals surface area contributed by atoms with Gasteiger partial charge in [0.15, 0.2) is 6.10 Å². The average Bonchev–Trinajstić information content (AvgIpc) is 2.62. The van der Waals surface area contributed by atoms with Gasteiger partial charge in [-0.3, -0.25) is 9.59 Å². The van der Waals surface area contributed by atoms with Crippen molar-refractivity contribution in [2.24, 2.45) is 0 Å². The van der Waals surface area contributed by atoms with Crippen LogP contribution in [0, 0.1) is 6.92 Å². The lowest BCUT2D eigenvalue weighted by atomic mass is 9.98. The summed E-state index contributed by atoms with van der Waals surface area (Å²) in [6.07, 6.45) is -0.209. The molecule has 2 aromatic rings. The van der Waals surface area contributed by atoms with E-state index in [0.29, 0.717) is 29.5 Å². The summed E-state index contributed by atoms with van der Waals surface area (Å²) in [4.78, 5) is 23.8. The quantitative estimate of drug-likeness (QED) is 0.732. The van der Waals surface area contributed by atoms with E-state index < -0.39 is 6.10 Å². The summed E-state index contributed by atoms with van der Waals surface area (Å²) in [6.45, 7) is 9.86. The van der Waals surface area contributed by atoms with Gasteiger partial charge in [0.05, 0.1) is 0 Å². The first-order valence-corrected chi connectivity index (χ1v) is 9.28. The number of anilines is 2. The topological polar surface area (TPSA) is 67.4 Å². The van der Waals surface area contributed by atoms with Crippen LogP contribution in [0.3, 0.4) is 0 Å². The molecule has 0 heterocycles. The van der Waals surface area contributed by atoms with E-state index in [-0.39, 0.29) is 11.8 Å². The van der Waals surface area contributed by atoms with Crippen molar-refractivity contribution in [1.82, 2.24) is 0 Å². The van der Waals surface area contributed by atoms with Crippen molar-refractivity contribution < 1.29 is 14.3 Å². The second kappa shape index (κ2) is 9.21. The highest BCUT2D eigenvalue weighted by atomic mass is 16.5. The molecule has 5 heteroatoms. The number of rotatable bonds is 7. The van der Waals surface area contributed by atoms with E-state index in [1.807, 2.05) is 25.1 Å². The van der Waals surface area contributed by atoms with Gasteiger partial charge >= 0.3 is 0 Å². The summed E-state index contributed by atoms with van der Waals surface area (Å²) < 4.78 is 5.79. The van der Waals surface area contributed by atoms with Gasteiger partial charge in [-0.05, 0) is 67.3 Å². The third-order valence-corrected chi connectivity index (χ3v) is 4.30. The maximum atomic E-state index is 12.4. The number of hydrogen-bond donors (Lipinski definition) is 2. The molecule has 1 atom stereocenters. The van der Waals surface area contributed by atoms with Crippen molar-refractivity contribution in [3.8, 4) is 5.75 Å². The largest absolute Gasteiger partial charge is 0.481 e. The first kappa shape index (κ1) is 20.5. The number of aryl methyl sites for hydroxylation is 1. The Labute approximate surface area is 161 Å². The molecule has 0 fully saturated rings. The van der Waals surface area contributed by atoms with Crippen LogP contribution in [0.1, 0.15) is 51.2 Å². The highest BCUT2D eigenvalue weighted by Crippen LogP contribution is 2.24. The van der Waals surface area contributed by atoms with E-state index in [0.717, 1.165) is 5.56 Å². The van der Waals surface area contributed by atoms with Crippen molar-refractivity contribution in [3.05, 3.63) is 53.6 Å². The van der Waals surface area contributed by atoms with Gasteiger partial charge in [0.1, 0.15) is 5.75 Å². The number of benzene rings is 2. The number of amides is 2. The van der Waals surface area contributed by atoms with Gasteiger partial charge in [-0.15, -0.1) is 0 Å². The molecule has 0 spiro atoms. The maximum absolute atomic E-state index is 12.4. The summed E-state index contributed by atoms with van der Waals surface area (Å²) in [5, 5.41) is 5.59. The highest BCUT2D eigenvalue weighted by molar-refractivity contribution is 5.95. The third kappa shape index (κ3) is 5.84. The van der Waals surface area contributed by atoms with E-state index in [4.69, 9.17) is 4.74 Å². The molecule has 0 saturated carbocycles. The molecule has 2 rings (SSSR count). The fourth-order valence-corrected chi connectivity index (χ4v) is 2.76. The van der Waals surface area contributed by atoms with E-state index in [1.165, 1.54) is 5.56 Å². The smallest absolute Gasteiger partial charge is 0.265 e. The number of carbonyl (C=O) groups is 2. The molecule has 0 saturated heterocycles. The molecule has 0 aliphatic heterocycles. The van der Waals surface area contributed by atoms with Crippen LogP contribution in [-0.2, 0) is 9.59 Å². The SMILES string of the molecule is CCC(=O)Nc1ccc(NC(=O)C(C)Oc2ccc(C(C)C)c(C)c2)cc1. The van der Waals surface area contributed by atoms with Gasteiger partial charge in [0.2, 0.25) is 5.91 Å². The van der Waals surface area contributed by atoms with Crippen molar-refractivity contribution >= 4 is 23.2 Å². The standard InChI is InChI=1S/C22H28N2O3/c1-6-21(25)23-17-7-9-18(10-8-17)24-22(26)16(5)27-19-11-12-20(14(2)3)15(4)13-19/h7-14,16H,6H2,1-5H3,(H,23,25)(H,24,26). The Kier molecular flexibility index (Phi) is 6.99. The zero-order chi connectivity index (χ0) is 20.0. The van der Waals surface area contributed by atoms with E-state index >= 15 is 0 Å². The van der Waals surface area contributed by atoms with Crippen LogP contribution in [-0.4, -0.2) is 17.9 Å². The van der Waals surface area contributed by atoms with Crippen LogP contribution < -0.4 is 15.4 Å². The van der Waals surface area contributed by atoms with Crippen molar-refractivity contribution in [2.45, 2.75) is 53.1 Å². The Morgan fingerprint density at radius 2 is 1.56 bits per heavy atom. The highest BCUT2D eigenvalue weighted by Gasteiger charge is 2.16. The van der Waals surface area contributed by atoms with Crippen LogP contribution in [0.25, 0.3) is 0 Å². The van der Waals surface area contributed by atoms with E-state index in [2.05, 4.69) is 24.5 Å². The minimum atomic E-state index is -0.631. The molecule has 0 bridgehead atoms. The van der Waals surface area contributed by atoms with Gasteiger partial charge in [-0.25, -0.2) is 0 Å². The molecule has 2 N–H and O–H groups in total. The molecule has 1 unspecified atom stereocenters. The summed E-state index contributed by atoms with van der Waals surface area (Å²) in [5.74, 6) is 0.848. The van der Waals surface area contributed by atoms with Crippen LogP contribution in [0.5, 0.6) is 5.75 Å². The molecule has 5 nitrogen and oxygen atoms in total. The second-order valence-electron chi connectivity index (χ2n) is 6.90. The zero-order valence-corrected chi connectivity index (χ0v) is 16.6. The number of nitrogens with one attached hydrogen (secondary N) is 2. The molecule has 0 aliphatic rings. The lowest BCUT2D eigenvalue weighted by Crippen LogP contribution is -2.30. The molecule has 0 aliphatic carbocycles. The predicted octanol–water partition coefficient (Wildman–Crippen LogP) is 4.87. The van der Waals surface area contributed by atoms with Crippen molar-refractivity contribution in [3.63, 3.8) is 0 Å². The Balaban J connectivity index is 1.95. The lowest BCUT2D eigenvalue weighted by molar-refractivity contribution is -0.122. The molecule has 2 aromatic carbocycles. The fourth-order valence-electron chi connectivity index (χ4n) is 2.76. The summed E-state index contributed by atoms with van der Waals surface area (Å²) in [7, 11) is 0. The summed E-state index contributed by atoms with van der Waals surface area (Å²) in [5.41, 5.74) is 3.77. The molecular weight excluding hydrogens is 340 g/mol. The zero-order valence-electron chi connectivity index (χ0n) is 16.6. The van der Waals surface area contributed by atoms with E-state index in [1.54, 1.807) is 38.1 Å². The number of ether oxygens (including phenoxy) is 1. The monoisotopic (exact) mass is 368 g/mol. The Hall–Kier alpha value is -2.82. The molecule has 144 valence electrons. The van der Waals surface area contributed by atoms with Gasteiger partial charge in [0.25, 0.3) is 5.91 Å². The minimum Gasteiger partial charge on any atom is -0.481 e. The molecule has 2 amide bonds. The maximum Gasteiger partial charge on any atom is 0.265 e. The molecule has 27 heavy (non-hydrogen) atoms. The lowest BCUT2D eigenvalue weighted by Gasteiger charge is -2.17. The van der Waals surface area contributed by atoms with Crippen LogP contribution in [0.4, 0.5) is 11.4 Å². The Morgan fingerprint density at radius 1 is 0.963 bits per heavy atom. The summed E-state index contributed by atoms with van der Waals surface area (Å²) >= 11 is 0. The van der Waals surface area contributed by atoms with Gasteiger partial charge in [0, 0.05) is 17.8 Å². The number of hydrogen-bond acceptors (Lipinski definition) is 3. The predicted molar refractivity (Wildman–Crippen MR) is 109 cm³/mol. The van der Waals surface area contributed by atoms with Gasteiger partial charge in [-0.1, -0.05) is 26.8 Å². The van der Waals surface area contributed by atoms with Crippen LogP contribution in [0.2, 0.25) is 0 Å². The number of carbonyl (C=O) groups excluding carboxylic acids is 2. The minimum absolute atomic E-state index is 0.0485. The average molecular weight is 368 g/mol. The molecule has 0 aromatic heterocycles. The van der Waals surface area contributed by atoms with Crippen molar-refractivity contribution in [2.75, 3.05) is 10.6 Å². The van der Waals surface area contributed by atoms with Gasteiger partial charge in [-0.2, -0.15) is 0 Å². The van der Waals surface area contributed by atoms with E-state index in [9.17, 15) is 9.59 Å². The normalized spacial score (nSPS) is 11.8. The first-order chi connectivity index (χ1) is 12.8. The van der Waals surface area contributed by atoms with Gasteiger partial charge < -0.3 is 15.4 Å². The van der Waals surface area contributed by atoms with Crippen molar-refractivity contribution in [1.29, 1.82) is 0 Å². The molecule has 0 radical (unpaired) electrons. The third-order valence-electron chi connectivity index (χ3n) is 4.30. The summed E-state index contributed by atoms with van der Waals surface area (Å²) in [6, 6.07) is 12.9. The first-order valence-electron chi connectivity index (χ1n) is 9.28. The van der Waals surface area contributed by atoms with Crippen LogP contribution in [0.15, 0.2) is 42.5 Å². The van der Waals surface area contributed by atoms with Crippen LogP contribution >= 0.6 is 0 Å². The molecular formula is C22H28N2O3. The Morgan fingerprint density at radius 3 is 2.07 bits per heavy atom. The fraction of sp³-hybridized carbons (Fsp3) is 0.364. The Bertz CT molecular complexity index is 798. The second-order valence-corrected chi connectivity index (χ2v) is 6.90.